The molecular weight excluding hydrogens is 196 g/mol. The molecular formula is C14H28N2. The predicted octanol–water partition coefficient (Wildman–Crippen LogP) is 4.04. The van der Waals surface area contributed by atoms with Crippen molar-refractivity contribution in [3.8, 4) is 0 Å². The van der Waals surface area contributed by atoms with Gasteiger partial charge in [0.25, 0.3) is 0 Å². The van der Waals surface area contributed by atoms with E-state index >= 15 is 0 Å². The van der Waals surface area contributed by atoms with E-state index in [0.717, 1.165) is 12.3 Å². The van der Waals surface area contributed by atoms with Crippen molar-refractivity contribution in [1.82, 2.24) is 0 Å². The first kappa shape index (κ1) is 13.5. The molecule has 16 heavy (non-hydrogen) atoms. The summed E-state index contributed by atoms with van der Waals surface area (Å²) in [5.41, 5.74) is 5.85. The van der Waals surface area contributed by atoms with Crippen LogP contribution in [0.3, 0.4) is 0 Å². The van der Waals surface area contributed by atoms with Gasteiger partial charge in [-0.2, -0.15) is 0 Å². The van der Waals surface area contributed by atoms with Gasteiger partial charge in [-0.25, -0.2) is 0 Å². The molecule has 0 amide bonds. The van der Waals surface area contributed by atoms with E-state index < -0.39 is 0 Å². The van der Waals surface area contributed by atoms with Gasteiger partial charge < -0.3 is 5.73 Å². The van der Waals surface area contributed by atoms with Gasteiger partial charge in [0.05, 0.1) is 11.9 Å². The van der Waals surface area contributed by atoms with Crippen molar-refractivity contribution in [2.24, 2.45) is 10.7 Å². The van der Waals surface area contributed by atoms with Gasteiger partial charge in [0.15, 0.2) is 0 Å². The van der Waals surface area contributed by atoms with Crippen LogP contribution < -0.4 is 5.73 Å². The number of nitrogens with zero attached hydrogens (tertiary/aromatic N) is 1. The number of aliphatic imine (C=N–C) groups is 1. The first-order chi connectivity index (χ1) is 7.83. The maximum absolute atomic E-state index is 5.85. The summed E-state index contributed by atoms with van der Waals surface area (Å²) in [5.74, 6) is 0.897. The Balaban J connectivity index is 2.05. The largest absolute Gasteiger partial charge is 0.387 e. The number of hydrogen-bond acceptors (Lipinski definition) is 2. The summed E-state index contributed by atoms with van der Waals surface area (Å²) in [5, 5.41) is 0. The molecule has 2 heteroatoms. The van der Waals surface area contributed by atoms with E-state index in [2.05, 4.69) is 11.9 Å². The summed E-state index contributed by atoms with van der Waals surface area (Å²) in [4.78, 5) is 4.60. The molecule has 1 unspecified atom stereocenters. The Kier molecular flexibility index (Phi) is 7.28. The molecule has 0 aliphatic carbocycles. The fourth-order valence-corrected chi connectivity index (χ4v) is 2.42. The summed E-state index contributed by atoms with van der Waals surface area (Å²) in [6.45, 7) is 2.27. The maximum atomic E-state index is 5.85. The van der Waals surface area contributed by atoms with Crippen LogP contribution in [0.4, 0.5) is 0 Å². The van der Waals surface area contributed by atoms with E-state index in [1.165, 1.54) is 64.2 Å². The third kappa shape index (κ3) is 6.14. The van der Waals surface area contributed by atoms with Gasteiger partial charge in [0, 0.05) is 6.42 Å². The third-order valence-electron chi connectivity index (χ3n) is 3.46. The Morgan fingerprint density at radius 3 is 2.69 bits per heavy atom. The number of hydrogen-bond donors (Lipinski definition) is 1. The Bertz CT molecular complexity index is 199. The van der Waals surface area contributed by atoms with Crippen LogP contribution in [-0.2, 0) is 0 Å². The number of rotatable bonds is 7. The topological polar surface area (TPSA) is 38.4 Å². The van der Waals surface area contributed by atoms with Crippen molar-refractivity contribution >= 4 is 5.84 Å². The second kappa shape index (κ2) is 8.60. The Morgan fingerprint density at radius 1 is 1.12 bits per heavy atom. The Hall–Kier alpha value is -0.530. The van der Waals surface area contributed by atoms with Crippen LogP contribution in [-0.4, -0.2) is 11.9 Å². The van der Waals surface area contributed by atoms with E-state index in [9.17, 15) is 0 Å². The quantitative estimate of drug-likeness (QED) is 0.651. The fourth-order valence-electron chi connectivity index (χ4n) is 2.42. The zero-order chi connectivity index (χ0) is 11.6. The molecule has 1 aliphatic rings. The molecule has 94 valence electrons. The van der Waals surface area contributed by atoms with E-state index in [1.807, 2.05) is 0 Å². The predicted molar refractivity (Wildman–Crippen MR) is 71.9 cm³/mol. The van der Waals surface area contributed by atoms with Gasteiger partial charge in [0.2, 0.25) is 0 Å². The zero-order valence-corrected chi connectivity index (χ0v) is 10.9. The monoisotopic (exact) mass is 224 g/mol. The molecule has 1 aliphatic heterocycles. The third-order valence-corrected chi connectivity index (χ3v) is 3.46. The molecule has 0 saturated carbocycles. The minimum Gasteiger partial charge on any atom is -0.387 e. The molecule has 1 rings (SSSR count). The molecule has 1 heterocycles. The van der Waals surface area contributed by atoms with Gasteiger partial charge in [-0.15, -0.1) is 0 Å². The summed E-state index contributed by atoms with van der Waals surface area (Å²) in [6.07, 6.45) is 14.4. The van der Waals surface area contributed by atoms with E-state index in [0.29, 0.717) is 6.04 Å². The van der Waals surface area contributed by atoms with E-state index in [4.69, 9.17) is 5.73 Å². The summed E-state index contributed by atoms with van der Waals surface area (Å²) in [6, 6.07) is 0.536. The summed E-state index contributed by atoms with van der Waals surface area (Å²) >= 11 is 0. The highest BCUT2D eigenvalue weighted by Gasteiger charge is 2.11. The Morgan fingerprint density at radius 2 is 1.88 bits per heavy atom. The maximum Gasteiger partial charge on any atom is 0.0940 e. The molecule has 0 aromatic carbocycles. The lowest BCUT2D eigenvalue weighted by atomic mass is 10.0. The summed E-state index contributed by atoms with van der Waals surface area (Å²) in [7, 11) is 0. The molecule has 0 aromatic rings. The van der Waals surface area contributed by atoms with Gasteiger partial charge in [0.1, 0.15) is 0 Å². The highest BCUT2D eigenvalue weighted by Crippen LogP contribution is 2.18. The second-order valence-electron chi connectivity index (χ2n) is 5.08. The lowest BCUT2D eigenvalue weighted by molar-refractivity contribution is 0.506. The first-order valence-corrected chi connectivity index (χ1v) is 7.15. The van der Waals surface area contributed by atoms with Crippen molar-refractivity contribution < 1.29 is 0 Å². The highest BCUT2D eigenvalue weighted by molar-refractivity contribution is 5.80. The van der Waals surface area contributed by atoms with Gasteiger partial charge in [-0.3, -0.25) is 4.99 Å². The van der Waals surface area contributed by atoms with Crippen molar-refractivity contribution in [2.75, 3.05) is 0 Å². The average molecular weight is 224 g/mol. The fraction of sp³-hybridized carbons (Fsp3) is 0.929. The minimum atomic E-state index is 0.536. The lowest BCUT2D eigenvalue weighted by Crippen LogP contribution is -2.13. The Labute approximate surface area is 101 Å². The normalized spacial score (nSPS) is 21.6. The number of unbranched alkanes of at least 4 members (excludes halogenated alkanes) is 5. The van der Waals surface area contributed by atoms with Crippen LogP contribution in [0.25, 0.3) is 0 Å². The lowest BCUT2D eigenvalue weighted by Gasteiger charge is -2.10. The molecule has 0 aromatic heterocycles. The van der Waals surface area contributed by atoms with Gasteiger partial charge in [-0.05, 0) is 19.3 Å². The average Bonchev–Trinajstić information content (AvgIpc) is 2.48. The van der Waals surface area contributed by atoms with Crippen LogP contribution in [0.2, 0.25) is 0 Å². The standard InChI is InChI=1S/C14H28N2/c1-2-3-4-5-6-7-10-13-11-8-9-12-14(15)16-13/h13H,2-12H2,1H3,(H2,15,16). The SMILES string of the molecule is CCCCCCCCC1CCCCC(N)=N1. The molecule has 1 atom stereocenters. The molecule has 2 nitrogen and oxygen atoms in total. The molecule has 0 bridgehead atoms. The van der Waals surface area contributed by atoms with Crippen LogP contribution in [0.15, 0.2) is 4.99 Å². The van der Waals surface area contributed by atoms with Crippen molar-refractivity contribution in [1.29, 1.82) is 0 Å². The second-order valence-corrected chi connectivity index (χ2v) is 5.08. The summed E-state index contributed by atoms with van der Waals surface area (Å²) < 4.78 is 0. The van der Waals surface area contributed by atoms with Crippen LogP contribution >= 0.6 is 0 Å². The molecule has 0 radical (unpaired) electrons. The number of nitrogens with two attached hydrogens (primary N) is 1. The van der Waals surface area contributed by atoms with Crippen LogP contribution in [0.1, 0.15) is 77.6 Å². The molecule has 0 saturated heterocycles. The first-order valence-electron chi connectivity index (χ1n) is 7.15. The zero-order valence-electron chi connectivity index (χ0n) is 10.9. The van der Waals surface area contributed by atoms with Crippen LogP contribution in [0, 0.1) is 0 Å². The van der Waals surface area contributed by atoms with Gasteiger partial charge in [-0.1, -0.05) is 51.9 Å². The van der Waals surface area contributed by atoms with Crippen molar-refractivity contribution in [3.63, 3.8) is 0 Å². The van der Waals surface area contributed by atoms with Crippen molar-refractivity contribution in [2.45, 2.75) is 83.6 Å². The van der Waals surface area contributed by atoms with Crippen molar-refractivity contribution in [3.05, 3.63) is 0 Å². The minimum absolute atomic E-state index is 0.536. The van der Waals surface area contributed by atoms with E-state index in [1.54, 1.807) is 0 Å². The smallest absolute Gasteiger partial charge is 0.0940 e. The number of amidine groups is 1. The molecule has 0 spiro atoms. The van der Waals surface area contributed by atoms with Gasteiger partial charge >= 0.3 is 0 Å². The highest BCUT2D eigenvalue weighted by atomic mass is 14.9. The van der Waals surface area contributed by atoms with Crippen LogP contribution in [0.5, 0.6) is 0 Å². The van der Waals surface area contributed by atoms with E-state index in [-0.39, 0.29) is 0 Å². The molecule has 0 fully saturated rings. The molecule has 2 N–H and O–H groups in total.